The fourth-order valence-corrected chi connectivity index (χ4v) is 7.13. The van der Waals surface area contributed by atoms with E-state index in [0.29, 0.717) is 24.2 Å². The standard InChI is InChI=1S/C25H50O7S2Si2/c1-14-27-22(28-15-2)21(32-36(12,13)25(7,8)9)20(31-35(10,11)24(4,5)6)19(30-17(3)26)18-16-29-23(33)34-18/h18-22H,14-16H2,1-13H3/t18-,19-,20+,21-/m1/s1. The van der Waals surface area contributed by atoms with Crippen LogP contribution in [0.3, 0.4) is 0 Å². The number of rotatable bonds is 13. The molecule has 0 amide bonds. The molecule has 212 valence electrons. The second-order valence-corrected chi connectivity index (χ2v) is 23.6. The van der Waals surface area contributed by atoms with Gasteiger partial charge in [-0.2, -0.15) is 0 Å². The quantitative estimate of drug-likeness (QED) is 0.104. The third-order valence-electron chi connectivity index (χ3n) is 7.33. The van der Waals surface area contributed by atoms with Crippen LogP contribution in [0.1, 0.15) is 62.3 Å². The molecule has 0 aromatic rings. The Hall–Kier alpha value is -0.0162. The molecule has 0 aliphatic carbocycles. The number of carbonyl (C=O) groups excluding carboxylic acids is 1. The van der Waals surface area contributed by atoms with Crippen LogP contribution in [-0.4, -0.2) is 76.7 Å². The van der Waals surface area contributed by atoms with Gasteiger partial charge in [-0.3, -0.25) is 4.79 Å². The van der Waals surface area contributed by atoms with E-state index < -0.39 is 47.2 Å². The Morgan fingerprint density at radius 1 is 0.972 bits per heavy atom. The lowest BCUT2D eigenvalue weighted by molar-refractivity contribution is -0.218. The van der Waals surface area contributed by atoms with Gasteiger partial charge in [0, 0.05) is 20.1 Å². The van der Waals surface area contributed by atoms with Crippen molar-refractivity contribution in [2.24, 2.45) is 0 Å². The van der Waals surface area contributed by atoms with Crippen LogP contribution in [-0.2, 0) is 32.6 Å². The second kappa shape index (κ2) is 13.4. The lowest BCUT2D eigenvalue weighted by atomic mass is 10.0. The maximum Gasteiger partial charge on any atom is 0.303 e. The van der Waals surface area contributed by atoms with Gasteiger partial charge in [0.2, 0.25) is 4.38 Å². The first kappa shape index (κ1) is 34.0. The van der Waals surface area contributed by atoms with Crippen molar-refractivity contribution < 1.29 is 32.6 Å². The van der Waals surface area contributed by atoms with Gasteiger partial charge in [-0.1, -0.05) is 53.3 Å². The average molecular weight is 583 g/mol. The van der Waals surface area contributed by atoms with Crippen LogP contribution in [0.4, 0.5) is 0 Å². The number of hydrogen-bond donors (Lipinski definition) is 0. The first-order chi connectivity index (χ1) is 16.3. The molecule has 0 aromatic heterocycles. The molecule has 1 heterocycles. The fraction of sp³-hybridized carbons (Fsp3) is 0.920. The lowest BCUT2D eigenvalue weighted by Crippen LogP contribution is -2.61. The molecule has 0 radical (unpaired) electrons. The number of esters is 1. The molecule has 1 aliphatic heterocycles. The van der Waals surface area contributed by atoms with Gasteiger partial charge in [0.05, 0.1) is 5.25 Å². The molecule has 1 fully saturated rings. The Morgan fingerprint density at radius 2 is 1.42 bits per heavy atom. The van der Waals surface area contributed by atoms with Gasteiger partial charge in [-0.15, -0.1) is 0 Å². The van der Waals surface area contributed by atoms with E-state index in [-0.39, 0.29) is 15.3 Å². The van der Waals surface area contributed by atoms with Gasteiger partial charge in [-0.05, 0) is 62.3 Å². The monoisotopic (exact) mass is 582 g/mol. The number of hydrogen-bond acceptors (Lipinski definition) is 9. The normalized spacial score (nSPS) is 20.3. The maximum atomic E-state index is 12.4. The smallest absolute Gasteiger partial charge is 0.303 e. The van der Waals surface area contributed by atoms with Crippen LogP contribution in [0.15, 0.2) is 0 Å². The first-order valence-corrected chi connectivity index (χ1v) is 20.0. The van der Waals surface area contributed by atoms with Gasteiger partial charge >= 0.3 is 5.97 Å². The Kier molecular flexibility index (Phi) is 12.6. The van der Waals surface area contributed by atoms with Crippen LogP contribution in [0.5, 0.6) is 0 Å². The molecule has 0 unspecified atom stereocenters. The molecular weight excluding hydrogens is 533 g/mol. The largest absolute Gasteiger partial charge is 0.477 e. The van der Waals surface area contributed by atoms with Crippen molar-refractivity contribution in [3.8, 4) is 0 Å². The summed E-state index contributed by atoms with van der Waals surface area (Å²) in [6, 6.07) is 0. The fourth-order valence-electron chi connectivity index (χ4n) is 3.25. The second-order valence-electron chi connectivity index (χ2n) is 12.3. The summed E-state index contributed by atoms with van der Waals surface area (Å²) in [6.45, 7) is 28.4. The van der Waals surface area contributed by atoms with Crippen molar-refractivity contribution in [2.45, 2.75) is 128 Å². The molecular formula is C25H50O7S2Si2. The molecule has 4 atom stereocenters. The molecule has 36 heavy (non-hydrogen) atoms. The van der Waals surface area contributed by atoms with Crippen molar-refractivity contribution in [1.82, 2.24) is 0 Å². The molecule has 0 saturated carbocycles. The summed E-state index contributed by atoms with van der Waals surface area (Å²) >= 11 is 6.71. The zero-order valence-electron chi connectivity index (χ0n) is 24.7. The number of ether oxygens (including phenoxy) is 4. The Morgan fingerprint density at radius 3 is 1.75 bits per heavy atom. The van der Waals surface area contributed by atoms with E-state index in [1.54, 1.807) is 0 Å². The van der Waals surface area contributed by atoms with Gasteiger partial charge in [0.25, 0.3) is 0 Å². The minimum atomic E-state index is -2.38. The summed E-state index contributed by atoms with van der Waals surface area (Å²) in [5, 5.41) is -0.389. The zero-order valence-corrected chi connectivity index (χ0v) is 28.3. The third kappa shape index (κ3) is 9.32. The molecule has 1 saturated heterocycles. The summed E-state index contributed by atoms with van der Waals surface area (Å²) in [7, 11) is -4.72. The van der Waals surface area contributed by atoms with E-state index in [0.717, 1.165) is 0 Å². The summed E-state index contributed by atoms with van der Waals surface area (Å²) in [6.07, 6.45) is -2.63. The van der Waals surface area contributed by atoms with E-state index >= 15 is 0 Å². The predicted octanol–water partition coefficient (Wildman–Crippen LogP) is 6.51. The average Bonchev–Trinajstić information content (AvgIpc) is 3.13. The van der Waals surface area contributed by atoms with E-state index in [2.05, 4.69) is 67.7 Å². The minimum absolute atomic E-state index is 0.0700. The summed E-state index contributed by atoms with van der Waals surface area (Å²) < 4.78 is 38.5. The molecule has 1 rings (SSSR count). The molecule has 0 bridgehead atoms. The predicted molar refractivity (Wildman–Crippen MR) is 157 cm³/mol. The summed E-state index contributed by atoms with van der Waals surface area (Å²) in [5.41, 5.74) is 0. The summed E-state index contributed by atoms with van der Waals surface area (Å²) in [5.74, 6) is -0.391. The van der Waals surface area contributed by atoms with Gasteiger partial charge < -0.3 is 27.8 Å². The highest BCUT2D eigenvalue weighted by atomic mass is 32.2. The highest BCUT2D eigenvalue weighted by molar-refractivity contribution is 8.23. The van der Waals surface area contributed by atoms with E-state index in [1.165, 1.54) is 18.7 Å². The molecule has 0 aromatic carbocycles. The van der Waals surface area contributed by atoms with Crippen molar-refractivity contribution >= 4 is 51.0 Å². The van der Waals surface area contributed by atoms with Crippen LogP contribution < -0.4 is 0 Å². The first-order valence-electron chi connectivity index (χ1n) is 12.9. The van der Waals surface area contributed by atoms with Crippen molar-refractivity contribution in [3.63, 3.8) is 0 Å². The molecule has 11 heteroatoms. The SMILES string of the molecule is CCOC(OCC)[C@H](O[Si](C)(C)C(C)(C)C)[C@@H](O[Si](C)(C)C(C)(C)C)[C@H](OC(C)=O)[C@H]1COC(=S)S1. The molecule has 0 spiro atoms. The lowest BCUT2D eigenvalue weighted by Gasteiger charge is -2.48. The number of carbonyl (C=O) groups is 1. The highest BCUT2D eigenvalue weighted by Gasteiger charge is 2.52. The van der Waals surface area contributed by atoms with Crippen LogP contribution in [0, 0.1) is 0 Å². The van der Waals surface area contributed by atoms with Crippen LogP contribution >= 0.6 is 24.0 Å². The van der Waals surface area contributed by atoms with Gasteiger partial charge in [0.1, 0.15) is 24.9 Å². The van der Waals surface area contributed by atoms with Crippen LogP contribution in [0.25, 0.3) is 0 Å². The van der Waals surface area contributed by atoms with E-state index in [1.807, 2.05) is 13.8 Å². The topological polar surface area (TPSA) is 72.5 Å². The Bertz CT molecular complexity index is 729. The minimum Gasteiger partial charge on any atom is -0.477 e. The zero-order chi connectivity index (χ0) is 28.1. The van der Waals surface area contributed by atoms with Crippen LogP contribution in [0.2, 0.25) is 36.3 Å². The number of thiocarbonyl (C=S) groups is 1. The number of thioether (sulfide) groups is 1. The van der Waals surface area contributed by atoms with Gasteiger partial charge in [0.15, 0.2) is 22.9 Å². The van der Waals surface area contributed by atoms with Gasteiger partial charge in [-0.25, -0.2) is 0 Å². The molecule has 1 aliphatic rings. The van der Waals surface area contributed by atoms with Crippen molar-refractivity contribution in [1.29, 1.82) is 0 Å². The molecule has 7 nitrogen and oxygen atoms in total. The van der Waals surface area contributed by atoms with Crippen molar-refractivity contribution in [2.75, 3.05) is 19.8 Å². The third-order valence-corrected chi connectivity index (χ3v) is 17.7. The van der Waals surface area contributed by atoms with E-state index in [4.69, 9.17) is 40.0 Å². The Balaban J connectivity index is 3.77. The summed E-state index contributed by atoms with van der Waals surface area (Å²) in [4.78, 5) is 12.4. The molecule has 0 N–H and O–H groups in total. The van der Waals surface area contributed by atoms with E-state index in [9.17, 15) is 4.79 Å². The highest BCUT2D eigenvalue weighted by Crippen LogP contribution is 2.43. The van der Waals surface area contributed by atoms with Crippen molar-refractivity contribution in [3.05, 3.63) is 0 Å². The maximum absolute atomic E-state index is 12.4. The Labute approximate surface area is 231 Å².